The van der Waals surface area contributed by atoms with Crippen molar-refractivity contribution in [3.8, 4) is 0 Å². The number of halogens is 1. The van der Waals surface area contributed by atoms with Crippen molar-refractivity contribution < 1.29 is 9.53 Å². The molecule has 0 amide bonds. The highest BCUT2D eigenvalue weighted by Gasteiger charge is 2.17. The minimum Gasteiger partial charge on any atom is -0.465 e. The van der Waals surface area contributed by atoms with E-state index < -0.39 is 5.97 Å². The summed E-state index contributed by atoms with van der Waals surface area (Å²) >= 11 is 5.96. The first kappa shape index (κ1) is 14.8. The van der Waals surface area contributed by atoms with Gasteiger partial charge in [-0.1, -0.05) is 35.9 Å². The van der Waals surface area contributed by atoms with Crippen LogP contribution in [-0.4, -0.2) is 13.1 Å². The third kappa shape index (κ3) is 3.47. The summed E-state index contributed by atoms with van der Waals surface area (Å²) in [5.41, 5.74) is 1.92. The summed E-state index contributed by atoms with van der Waals surface area (Å²) in [5.74, 6) is -0.495. The molecule has 0 aliphatic rings. The van der Waals surface area contributed by atoms with Gasteiger partial charge in [-0.25, -0.2) is 4.79 Å². The highest BCUT2D eigenvalue weighted by molar-refractivity contribution is 6.31. The average molecular weight is 300 g/mol. The van der Waals surface area contributed by atoms with Crippen molar-refractivity contribution in [1.82, 2.24) is 0 Å². The summed E-state index contributed by atoms with van der Waals surface area (Å²) < 4.78 is 4.81. The van der Waals surface area contributed by atoms with Gasteiger partial charge in [0, 0.05) is 11.1 Å². The molecule has 0 aliphatic heterocycles. The van der Waals surface area contributed by atoms with Gasteiger partial charge in [0.1, 0.15) is 0 Å². The SMILES string of the molecule is COC(=O)/C(=C/c1ccccc1[N+]#N)c1cccc(Cl)c1. The van der Waals surface area contributed by atoms with Crippen LogP contribution in [0.1, 0.15) is 11.1 Å². The number of esters is 1. The largest absolute Gasteiger partial charge is 0.465 e. The third-order valence-corrected chi connectivity index (χ3v) is 3.12. The maximum Gasteiger partial charge on any atom is 0.392 e. The first-order valence-corrected chi connectivity index (χ1v) is 6.53. The van der Waals surface area contributed by atoms with E-state index in [1.165, 1.54) is 7.11 Å². The number of ether oxygens (including phenoxy) is 1. The van der Waals surface area contributed by atoms with Crippen molar-refractivity contribution in [3.63, 3.8) is 0 Å². The lowest BCUT2D eigenvalue weighted by atomic mass is 10.0. The summed E-state index contributed by atoms with van der Waals surface area (Å²) in [4.78, 5) is 15.2. The molecule has 0 aromatic heterocycles. The Kier molecular flexibility index (Phi) is 4.70. The van der Waals surface area contributed by atoms with Crippen LogP contribution >= 0.6 is 11.6 Å². The molecule has 0 aliphatic carbocycles. The highest BCUT2D eigenvalue weighted by Crippen LogP contribution is 2.27. The highest BCUT2D eigenvalue weighted by atomic mass is 35.5. The van der Waals surface area contributed by atoms with Gasteiger partial charge in [-0.05, 0) is 29.8 Å². The average Bonchev–Trinajstić information content (AvgIpc) is 2.52. The number of hydrogen-bond acceptors (Lipinski definition) is 3. The molecule has 0 atom stereocenters. The second-order valence-corrected chi connectivity index (χ2v) is 4.66. The number of hydrogen-bond donors (Lipinski definition) is 0. The fourth-order valence-electron chi connectivity index (χ4n) is 1.88. The zero-order valence-electron chi connectivity index (χ0n) is 11.3. The molecule has 0 fully saturated rings. The normalized spacial score (nSPS) is 10.8. The monoisotopic (exact) mass is 299 g/mol. The molecule has 0 saturated carbocycles. The first-order valence-electron chi connectivity index (χ1n) is 6.16. The Morgan fingerprint density at radius 3 is 2.67 bits per heavy atom. The fourth-order valence-corrected chi connectivity index (χ4v) is 2.07. The number of carbonyl (C=O) groups excluding carboxylic acids is 1. The van der Waals surface area contributed by atoms with E-state index in [2.05, 4.69) is 4.98 Å². The topological polar surface area (TPSA) is 54.5 Å². The minimum atomic E-state index is -0.495. The van der Waals surface area contributed by atoms with Gasteiger partial charge in [-0.2, -0.15) is 0 Å². The molecule has 0 saturated heterocycles. The van der Waals surface area contributed by atoms with Gasteiger partial charge in [0.2, 0.25) is 5.39 Å². The van der Waals surface area contributed by atoms with E-state index >= 15 is 0 Å². The Balaban J connectivity index is 2.58. The van der Waals surface area contributed by atoms with E-state index in [1.54, 1.807) is 54.6 Å². The van der Waals surface area contributed by atoms with Crippen LogP contribution < -0.4 is 0 Å². The lowest BCUT2D eigenvalue weighted by Gasteiger charge is -2.06. The van der Waals surface area contributed by atoms with E-state index in [-0.39, 0.29) is 0 Å². The first-order chi connectivity index (χ1) is 10.2. The summed E-state index contributed by atoms with van der Waals surface area (Å²) in [5, 5.41) is 9.52. The van der Waals surface area contributed by atoms with Crippen LogP contribution in [-0.2, 0) is 9.53 Å². The molecule has 2 rings (SSSR count). The Morgan fingerprint density at radius 1 is 1.24 bits per heavy atom. The van der Waals surface area contributed by atoms with Crippen LogP contribution in [0.2, 0.25) is 5.02 Å². The molecule has 0 radical (unpaired) electrons. The van der Waals surface area contributed by atoms with E-state index in [0.717, 1.165) is 0 Å². The summed E-state index contributed by atoms with van der Waals surface area (Å²) in [7, 11) is 1.31. The number of nitrogens with zero attached hydrogens (tertiary/aromatic N) is 2. The molecule has 0 bridgehead atoms. The third-order valence-electron chi connectivity index (χ3n) is 2.89. The molecule has 0 heterocycles. The van der Waals surface area contributed by atoms with Gasteiger partial charge >= 0.3 is 11.7 Å². The van der Waals surface area contributed by atoms with Crippen molar-refractivity contribution >= 4 is 34.9 Å². The predicted octanol–water partition coefficient (Wildman–Crippen LogP) is 4.54. The van der Waals surface area contributed by atoms with E-state index in [4.69, 9.17) is 21.7 Å². The van der Waals surface area contributed by atoms with Gasteiger partial charge in [0.05, 0.1) is 18.2 Å². The van der Waals surface area contributed by atoms with Crippen LogP contribution in [0.5, 0.6) is 0 Å². The zero-order valence-corrected chi connectivity index (χ0v) is 12.0. The molecule has 21 heavy (non-hydrogen) atoms. The lowest BCUT2D eigenvalue weighted by molar-refractivity contribution is -0.133. The van der Waals surface area contributed by atoms with Gasteiger partial charge in [-0.15, -0.1) is 0 Å². The molecule has 2 aromatic rings. The van der Waals surface area contributed by atoms with Crippen molar-refractivity contribution in [2.24, 2.45) is 0 Å². The van der Waals surface area contributed by atoms with Crippen LogP contribution in [0.15, 0.2) is 48.5 Å². The molecule has 104 valence electrons. The lowest BCUT2D eigenvalue weighted by Crippen LogP contribution is -2.03. The van der Waals surface area contributed by atoms with Gasteiger partial charge < -0.3 is 4.74 Å². The fraction of sp³-hybridized carbons (Fsp3) is 0.0625. The summed E-state index contributed by atoms with van der Waals surface area (Å²) in [6.45, 7) is 0. The van der Waals surface area contributed by atoms with Crippen molar-refractivity contribution in [3.05, 3.63) is 69.7 Å². The van der Waals surface area contributed by atoms with E-state index in [0.29, 0.717) is 27.4 Å². The summed E-state index contributed by atoms with van der Waals surface area (Å²) in [6.07, 6.45) is 1.60. The maximum absolute atomic E-state index is 12.0. The minimum absolute atomic E-state index is 0.330. The number of carbonyl (C=O) groups is 1. The van der Waals surface area contributed by atoms with Gasteiger partial charge in [0.15, 0.2) is 4.98 Å². The van der Waals surface area contributed by atoms with Gasteiger partial charge in [0.25, 0.3) is 0 Å². The maximum atomic E-state index is 12.0. The van der Waals surface area contributed by atoms with Crippen molar-refractivity contribution in [2.75, 3.05) is 7.11 Å². The van der Waals surface area contributed by atoms with Crippen LogP contribution in [0.3, 0.4) is 0 Å². The van der Waals surface area contributed by atoms with Crippen molar-refractivity contribution in [2.45, 2.75) is 0 Å². The molecular weight excluding hydrogens is 288 g/mol. The smallest absolute Gasteiger partial charge is 0.392 e. The summed E-state index contributed by atoms with van der Waals surface area (Å²) in [6, 6.07) is 13.8. The van der Waals surface area contributed by atoms with Crippen LogP contribution in [0.25, 0.3) is 16.6 Å². The Labute approximate surface area is 127 Å². The predicted molar refractivity (Wildman–Crippen MR) is 82.5 cm³/mol. The second-order valence-electron chi connectivity index (χ2n) is 4.22. The molecule has 0 spiro atoms. The molecule has 0 N–H and O–H groups in total. The number of benzene rings is 2. The standard InChI is InChI=1S/C16H12ClN2O2/c1-21-16(20)14(11-6-4-7-13(17)9-11)10-12-5-2-3-8-15(12)19-18/h2-10H,1H3/q+1/b14-10+. The molecular formula is C16H12ClN2O2+. The molecule has 0 unspecified atom stereocenters. The van der Waals surface area contributed by atoms with Crippen molar-refractivity contribution in [1.29, 1.82) is 5.39 Å². The Hall–Kier alpha value is -2.64. The van der Waals surface area contributed by atoms with Gasteiger partial charge in [-0.3, -0.25) is 0 Å². The molecule has 2 aromatic carbocycles. The number of rotatable bonds is 3. The number of diazo groups is 1. The molecule has 5 heteroatoms. The second kappa shape index (κ2) is 6.69. The van der Waals surface area contributed by atoms with Crippen LogP contribution in [0.4, 0.5) is 5.69 Å². The van der Waals surface area contributed by atoms with E-state index in [1.807, 2.05) is 0 Å². The Morgan fingerprint density at radius 2 is 2.00 bits per heavy atom. The van der Waals surface area contributed by atoms with E-state index in [9.17, 15) is 4.79 Å². The quantitative estimate of drug-likeness (QED) is 0.362. The van der Waals surface area contributed by atoms with Crippen LogP contribution in [0, 0.1) is 5.39 Å². The molecule has 4 nitrogen and oxygen atoms in total. The number of methoxy groups -OCH3 is 1. The zero-order chi connectivity index (χ0) is 15.2. The Bertz CT molecular complexity index is 748.